The van der Waals surface area contributed by atoms with Crippen LogP contribution >= 0.6 is 0 Å². The summed E-state index contributed by atoms with van der Waals surface area (Å²) < 4.78 is 0. The minimum Gasteiger partial charge on any atom is -0.399 e. The minimum atomic E-state index is -0.0219. The van der Waals surface area contributed by atoms with Gasteiger partial charge < -0.3 is 20.9 Å². The van der Waals surface area contributed by atoms with Crippen LogP contribution in [0.25, 0.3) is 0 Å². The number of hydrogen-bond donors (Lipinski definition) is 2. The number of carbonyl (C=O) groups excluding carboxylic acids is 1. The van der Waals surface area contributed by atoms with Gasteiger partial charge in [0.2, 0.25) is 0 Å². The zero-order valence-corrected chi connectivity index (χ0v) is 12.2. The van der Waals surface area contributed by atoms with Crippen LogP contribution in [0, 0.1) is 0 Å². The lowest BCUT2D eigenvalue weighted by molar-refractivity contribution is 0.0828. The molecule has 19 heavy (non-hydrogen) atoms. The third-order valence-electron chi connectivity index (χ3n) is 3.03. The zero-order valence-electron chi connectivity index (χ0n) is 12.2. The summed E-state index contributed by atoms with van der Waals surface area (Å²) in [6, 6.07) is 5.33. The molecule has 5 heteroatoms. The van der Waals surface area contributed by atoms with Crippen molar-refractivity contribution in [3.8, 4) is 0 Å². The van der Waals surface area contributed by atoms with Gasteiger partial charge in [-0.15, -0.1) is 0 Å². The highest BCUT2D eigenvalue weighted by molar-refractivity contribution is 5.99. The number of nitrogens with one attached hydrogen (secondary N) is 1. The molecule has 1 amide bonds. The average Bonchev–Trinajstić information content (AvgIpc) is 2.37. The van der Waals surface area contributed by atoms with Crippen LogP contribution < -0.4 is 11.1 Å². The lowest BCUT2D eigenvalue weighted by atomic mass is 10.1. The molecule has 0 aliphatic rings. The van der Waals surface area contributed by atoms with E-state index in [1.54, 1.807) is 31.1 Å². The molecule has 0 atom stereocenters. The fourth-order valence-electron chi connectivity index (χ4n) is 1.68. The fourth-order valence-corrected chi connectivity index (χ4v) is 1.68. The van der Waals surface area contributed by atoms with Gasteiger partial charge in [0.1, 0.15) is 0 Å². The predicted molar refractivity (Wildman–Crippen MR) is 80.5 cm³/mol. The van der Waals surface area contributed by atoms with E-state index < -0.39 is 0 Å². The van der Waals surface area contributed by atoms with E-state index in [1.807, 2.05) is 6.07 Å². The highest BCUT2D eigenvalue weighted by Gasteiger charge is 2.13. The molecule has 0 fully saturated rings. The van der Waals surface area contributed by atoms with Gasteiger partial charge in [0, 0.05) is 38.6 Å². The van der Waals surface area contributed by atoms with Gasteiger partial charge in [0.15, 0.2) is 0 Å². The van der Waals surface area contributed by atoms with Crippen LogP contribution in [0.15, 0.2) is 18.2 Å². The van der Waals surface area contributed by atoms with Crippen LogP contribution in [0.3, 0.4) is 0 Å². The van der Waals surface area contributed by atoms with E-state index in [9.17, 15) is 4.79 Å². The Labute approximate surface area is 115 Å². The third-order valence-corrected chi connectivity index (χ3v) is 3.03. The number of hydrogen-bond acceptors (Lipinski definition) is 4. The van der Waals surface area contributed by atoms with Crippen molar-refractivity contribution in [1.82, 2.24) is 9.80 Å². The Morgan fingerprint density at radius 2 is 2.00 bits per heavy atom. The number of carbonyl (C=O) groups is 1. The van der Waals surface area contributed by atoms with Crippen molar-refractivity contribution in [2.75, 3.05) is 51.8 Å². The molecule has 0 radical (unpaired) electrons. The molecule has 1 aromatic rings. The number of benzene rings is 1. The molecule has 0 aromatic heterocycles. The number of nitrogen functional groups attached to an aromatic ring is 1. The van der Waals surface area contributed by atoms with Crippen molar-refractivity contribution in [2.24, 2.45) is 0 Å². The van der Waals surface area contributed by atoms with Gasteiger partial charge in [-0.1, -0.05) is 6.92 Å². The second kappa shape index (κ2) is 6.99. The quantitative estimate of drug-likeness (QED) is 0.761. The first kappa shape index (κ1) is 15.3. The SMILES string of the molecule is CCN(C)CCNc1cc(N)ccc1C(=O)N(C)C. The third kappa shape index (κ3) is 4.44. The molecule has 106 valence electrons. The van der Waals surface area contributed by atoms with E-state index in [2.05, 4.69) is 24.2 Å². The average molecular weight is 264 g/mol. The van der Waals surface area contributed by atoms with Gasteiger partial charge in [0.25, 0.3) is 5.91 Å². The summed E-state index contributed by atoms with van der Waals surface area (Å²) >= 11 is 0. The molecule has 0 unspecified atom stereocenters. The molecule has 1 aromatic carbocycles. The van der Waals surface area contributed by atoms with Crippen LogP contribution in [0.2, 0.25) is 0 Å². The van der Waals surface area contributed by atoms with E-state index in [-0.39, 0.29) is 5.91 Å². The van der Waals surface area contributed by atoms with E-state index in [0.29, 0.717) is 11.3 Å². The summed E-state index contributed by atoms with van der Waals surface area (Å²) in [4.78, 5) is 15.8. The van der Waals surface area contributed by atoms with E-state index in [1.165, 1.54) is 0 Å². The Hall–Kier alpha value is -1.75. The second-order valence-corrected chi connectivity index (χ2v) is 4.83. The molecular weight excluding hydrogens is 240 g/mol. The van der Waals surface area contributed by atoms with Crippen LogP contribution in [0.1, 0.15) is 17.3 Å². The van der Waals surface area contributed by atoms with Crippen molar-refractivity contribution < 1.29 is 4.79 Å². The number of anilines is 2. The summed E-state index contributed by atoms with van der Waals surface area (Å²) in [5, 5.41) is 3.29. The second-order valence-electron chi connectivity index (χ2n) is 4.83. The monoisotopic (exact) mass is 264 g/mol. The highest BCUT2D eigenvalue weighted by atomic mass is 16.2. The van der Waals surface area contributed by atoms with E-state index in [4.69, 9.17) is 5.73 Å². The smallest absolute Gasteiger partial charge is 0.255 e. The van der Waals surface area contributed by atoms with Crippen LogP contribution in [0.5, 0.6) is 0 Å². The number of likely N-dealkylation sites (N-methyl/N-ethyl adjacent to an activating group) is 1. The Kier molecular flexibility index (Phi) is 5.63. The summed E-state index contributed by atoms with van der Waals surface area (Å²) in [5.41, 5.74) is 7.89. The molecule has 0 heterocycles. The summed E-state index contributed by atoms with van der Waals surface area (Å²) in [5.74, 6) is -0.0219. The summed E-state index contributed by atoms with van der Waals surface area (Å²) in [6.45, 7) is 4.81. The first-order chi connectivity index (χ1) is 8.95. The Morgan fingerprint density at radius 3 is 2.58 bits per heavy atom. The van der Waals surface area contributed by atoms with Gasteiger partial charge in [-0.3, -0.25) is 4.79 Å². The van der Waals surface area contributed by atoms with Gasteiger partial charge in [0.05, 0.1) is 5.56 Å². The molecule has 5 nitrogen and oxygen atoms in total. The lowest BCUT2D eigenvalue weighted by Gasteiger charge is -2.18. The van der Waals surface area contributed by atoms with E-state index in [0.717, 1.165) is 25.3 Å². The van der Waals surface area contributed by atoms with Crippen molar-refractivity contribution in [1.29, 1.82) is 0 Å². The number of rotatable bonds is 6. The molecule has 1 rings (SSSR count). The fraction of sp³-hybridized carbons (Fsp3) is 0.500. The molecular formula is C14H24N4O. The Bertz CT molecular complexity index is 431. The molecule has 0 saturated heterocycles. The zero-order chi connectivity index (χ0) is 14.4. The Balaban J connectivity index is 2.80. The van der Waals surface area contributed by atoms with E-state index >= 15 is 0 Å². The van der Waals surface area contributed by atoms with Crippen molar-refractivity contribution in [3.63, 3.8) is 0 Å². The molecule has 3 N–H and O–H groups in total. The first-order valence-corrected chi connectivity index (χ1v) is 6.49. The minimum absolute atomic E-state index is 0.0219. The van der Waals surface area contributed by atoms with Crippen LogP contribution in [-0.4, -0.2) is 56.5 Å². The maximum absolute atomic E-state index is 12.1. The standard InChI is InChI=1S/C14H24N4O/c1-5-18(4)9-8-16-13-10-11(15)6-7-12(13)14(19)17(2)3/h6-7,10,16H,5,8-9,15H2,1-4H3. The van der Waals surface area contributed by atoms with Crippen LogP contribution in [0.4, 0.5) is 11.4 Å². The largest absolute Gasteiger partial charge is 0.399 e. The number of nitrogens with two attached hydrogens (primary N) is 1. The van der Waals surface area contributed by atoms with Gasteiger partial charge in [-0.2, -0.15) is 0 Å². The van der Waals surface area contributed by atoms with Crippen molar-refractivity contribution in [2.45, 2.75) is 6.92 Å². The molecule has 0 aliphatic carbocycles. The molecule has 0 aliphatic heterocycles. The molecule has 0 spiro atoms. The van der Waals surface area contributed by atoms with Crippen molar-refractivity contribution >= 4 is 17.3 Å². The van der Waals surface area contributed by atoms with Crippen LogP contribution in [-0.2, 0) is 0 Å². The highest BCUT2D eigenvalue weighted by Crippen LogP contribution is 2.20. The van der Waals surface area contributed by atoms with Gasteiger partial charge in [-0.05, 0) is 31.8 Å². The number of nitrogens with zero attached hydrogens (tertiary/aromatic N) is 2. The molecule has 0 bridgehead atoms. The topological polar surface area (TPSA) is 61.6 Å². The number of amides is 1. The normalized spacial score (nSPS) is 10.6. The first-order valence-electron chi connectivity index (χ1n) is 6.49. The predicted octanol–water partition coefficient (Wildman–Crippen LogP) is 1.33. The van der Waals surface area contributed by atoms with Gasteiger partial charge >= 0.3 is 0 Å². The molecule has 0 saturated carbocycles. The maximum atomic E-state index is 12.1. The van der Waals surface area contributed by atoms with Crippen molar-refractivity contribution in [3.05, 3.63) is 23.8 Å². The summed E-state index contributed by atoms with van der Waals surface area (Å²) in [7, 11) is 5.55. The lowest BCUT2D eigenvalue weighted by Crippen LogP contribution is -2.26. The summed E-state index contributed by atoms with van der Waals surface area (Å²) in [6.07, 6.45) is 0. The van der Waals surface area contributed by atoms with Gasteiger partial charge in [-0.25, -0.2) is 0 Å². The Morgan fingerprint density at radius 1 is 1.32 bits per heavy atom. The maximum Gasteiger partial charge on any atom is 0.255 e.